The first-order valence-corrected chi connectivity index (χ1v) is 11.5. The zero-order valence-electron chi connectivity index (χ0n) is 15.5. The summed E-state index contributed by atoms with van der Waals surface area (Å²) in [5, 5.41) is 3.26. The monoisotopic (exact) mass is 415 g/mol. The molecule has 8 heteroatoms. The summed E-state index contributed by atoms with van der Waals surface area (Å²) < 4.78 is 28.6. The summed E-state index contributed by atoms with van der Waals surface area (Å²) in [5.74, 6) is -0.372. The van der Waals surface area contributed by atoms with Crippen LogP contribution in [0.15, 0.2) is 53.4 Å². The van der Waals surface area contributed by atoms with Gasteiger partial charge in [-0.15, -0.1) is 0 Å². The van der Waals surface area contributed by atoms with Crippen LogP contribution in [0.25, 0.3) is 10.2 Å². The molecule has 1 atom stereocenters. The number of nitrogens with one attached hydrogen (secondary N) is 1. The quantitative estimate of drug-likeness (QED) is 0.695. The molecule has 0 bridgehead atoms. The molecule has 1 saturated heterocycles. The first-order valence-electron chi connectivity index (χ1n) is 9.24. The van der Waals surface area contributed by atoms with Crippen molar-refractivity contribution in [3.63, 3.8) is 0 Å². The third-order valence-corrected chi connectivity index (χ3v) is 7.92. The van der Waals surface area contributed by atoms with Crippen LogP contribution in [0.2, 0.25) is 0 Å². The van der Waals surface area contributed by atoms with Gasteiger partial charge >= 0.3 is 0 Å². The lowest BCUT2D eigenvalue weighted by atomic mass is 10.1. The average molecular weight is 416 g/mol. The number of hydrogen-bond donors (Lipinski definition) is 1. The fourth-order valence-corrected chi connectivity index (χ4v) is 6.06. The number of nitrogens with zero attached hydrogens (tertiary/aromatic N) is 2. The number of hydrogen-bond acceptors (Lipinski definition) is 5. The normalized spacial score (nSPS) is 18.2. The van der Waals surface area contributed by atoms with Crippen molar-refractivity contribution in [3.8, 4) is 0 Å². The Morgan fingerprint density at radius 2 is 2.00 bits per heavy atom. The first-order chi connectivity index (χ1) is 13.4. The average Bonchev–Trinajstić information content (AvgIpc) is 3.10. The van der Waals surface area contributed by atoms with Crippen molar-refractivity contribution < 1.29 is 13.2 Å². The Balaban J connectivity index is 1.58. The number of aromatic nitrogens is 1. The van der Waals surface area contributed by atoms with Crippen LogP contribution in [0.5, 0.6) is 0 Å². The minimum atomic E-state index is -3.62. The highest BCUT2D eigenvalue weighted by molar-refractivity contribution is 7.89. The second-order valence-electron chi connectivity index (χ2n) is 6.93. The zero-order chi connectivity index (χ0) is 19.7. The van der Waals surface area contributed by atoms with E-state index in [1.807, 2.05) is 31.2 Å². The Morgan fingerprint density at radius 3 is 2.79 bits per heavy atom. The van der Waals surface area contributed by atoms with Crippen LogP contribution >= 0.6 is 11.3 Å². The van der Waals surface area contributed by atoms with Gasteiger partial charge in [0, 0.05) is 18.2 Å². The summed E-state index contributed by atoms with van der Waals surface area (Å²) in [4.78, 5) is 17.2. The largest absolute Gasteiger partial charge is 0.298 e. The van der Waals surface area contributed by atoms with Crippen molar-refractivity contribution >= 4 is 42.6 Å². The lowest BCUT2D eigenvalue weighted by molar-refractivity contribution is 0.102. The molecule has 1 N–H and O–H groups in total. The number of para-hydroxylation sites is 1. The van der Waals surface area contributed by atoms with Crippen LogP contribution in [0.4, 0.5) is 5.13 Å². The van der Waals surface area contributed by atoms with Gasteiger partial charge in [-0.05, 0) is 50.1 Å². The van der Waals surface area contributed by atoms with Gasteiger partial charge in [-0.1, -0.05) is 36.0 Å². The van der Waals surface area contributed by atoms with Crippen molar-refractivity contribution in [2.45, 2.75) is 37.1 Å². The van der Waals surface area contributed by atoms with E-state index in [1.165, 1.54) is 17.4 Å². The summed E-state index contributed by atoms with van der Waals surface area (Å²) in [7, 11) is -3.62. The summed E-state index contributed by atoms with van der Waals surface area (Å²) in [6, 6.07) is 13.8. The summed E-state index contributed by atoms with van der Waals surface area (Å²) in [6.45, 7) is 2.45. The standard InChI is InChI=1S/C20H21N3O3S2/c1-14-7-4-5-12-23(14)28(25,26)16-9-6-8-15(13-16)19(24)22-20-21-17-10-2-3-11-18(17)27-20/h2-3,6,8-11,13-14H,4-5,7,12H2,1H3,(H,21,22,24)/t14-/m1/s1. The predicted molar refractivity (Wildman–Crippen MR) is 111 cm³/mol. The maximum Gasteiger partial charge on any atom is 0.257 e. The number of carbonyl (C=O) groups is 1. The Bertz CT molecular complexity index is 1090. The van der Waals surface area contributed by atoms with Gasteiger partial charge in [0.2, 0.25) is 10.0 Å². The minimum absolute atomic E-state index is 0.0287. The molecule has 2 aromatic carbocycles. The number of sulfonamides is 1. The highest BCUT2D eigenvalue weighted by Crippen LogP contribution is 2.27. The molecule has 0 spiro atoms. The molecule has 4 rings (SSSR count). The molecule has 1 amide bonds. The van der Waals surface area contributed by atoms with E-state index >= 15 is 0 Å². The lowest BCUT2D eigenvalue weighted by Gasteiger charge is -2.32. The maximum absolute atomic E-state index is 13.0. The number of benzene rings is 2. The molecule has 28 heavy (non-hydrogen) atoms. The van der Waals surface area contributed by atoms with E-state index in [1.54, 1.807) is 22.5 Å². The van der Waals surface area contributed by atoms with E-state index in [4.69, 9.17) is 0 Å². The van der Waals surface area contributed by atoms with Crippen LogP contribution in [0.3, 0.4) is 0 Å². The molecule has 146 valence electrons. The molecular weight excluding hydrogens is 394 g/mol. The maximum atomic E-state index is 13.0. The smallest absolute Gasteiger partial charge is 0.257 e. The molecule has 1 aliphatic rings. The molecule has 6 nitrogen and oxygen atoms in total. The van der Waals surface area contributed by atoms with E-state index in [0.29, 0.717) is 17.2 Å². The molecule has 0 radical (unpaired) electrons. The van der Waals surface area contributed by atoms with Crippen LogP contribution in [0.1, 0.15) is 36.5 Å². The van der Waals surface area contributed by atoms with E-state index in [0.717, 1.165) is 29.5 Å². The number of piperidine rings is 1. The highest BCUT2D eigenvalue weighted by Gasteiger charge is 2.31. The third-order valence-electron chi connectivity index (χ3n) is 4.96. The molecule has 1 aromatic heterocycles. The lowest BCUT2D eigenvalue weighted by Crippen LogP contribution is -2.41. The Hall–Kier alpha value is -2.29. The highest BCUT2D eigenvalue weighted by atomic mass is 32.2. The van der Waals surface area contributed by atoms with Crippen molar-refractivity contribution in [1.82, 2.24) is 9.29 Å². The Morgan fingerprint density at radius 1 is 1.18 bits per heavy atom. The van der Waals surface area contributed by atoms with Gasteiger partial charge in [0.15, 0.2) is 5.13 Å². The minimum Gasteiger partial charge on any atom is -0.298 e. The van der Waals surface area contributed by atoms with Gasteiger partial charge < -0.3 is 0 Å². The zero-order valence-corrected chi connectivity index (χ0v) is 17.1. The molecule has 3 aromatic rings. The van der Waals surface area contributed by atoms with Crippen molar-refractivity contribution in [2.24, 2.45) is 0 Å². The predicted octanol–water partition coefficient (Wildman–Crippen LogP) is 4.11. The van der Waals surface area contributed by atoms with Gasteiger partial charge in [-0.25, -0.2) is 13.4 Å². The van der Waals surface area contributed by atoms with Crippen LogP contribution in [-0.4, -0.2) is 36.2 Å². The summed E-state index contributed by atoms with van der Waals surface area (Å²) in [5.41, 5.74) is 1.11. The van der Waals surface area contributed by atoms with Crippen LogP contribution < -0.4 is 5.32 Å². The van der Waals surface area contributed by atoms with Crippen molar-refractivity contribution in [2.75, 3.05) is 11.9 Å². The SMILES string of the molecule is C[C@@H]1CCCCN1S(=O)(=O)c1cccc(C(=O)Nc2nc3ccccc3s2)c1. The van der Waals surface area contributed by atoms with Gasteiger partial charge in [0.1, 0.15) is 0 Å². The van der Waals surface area contributed by atoms with Gasteiger partial charge in [0.05, 0.1) is 15.1 Å². The molecule has 0 unspecified atom stereocenters. The molecule has 2 heterocycles. The number of fused-ring (bicyclic) bond motifs is 1. The molecule has 0 saturated carbocycles. The fourth-order valence-electron chi connectivity index (χ4n) is 3.46. The van der Waals surface area contributed by atoms with Crippen molar-refractivity contribution in [3.05, 3.63) is 54.1 Å². The third kappa shape index (κ3) is 3.67. The van der Waals surface area contributed by atoms with E-state index < -0.39 is 10.0 Å². The Labute approximate surface area is 168 Å². The number of amides is 1. The second kappa shape index (κ2) is 7.62. The number of rotatable bonds is 4. The molecule has 1 aliphatic heterocycles. The van der Waals surface area contributed by atoms with Gasteiger partial charge in [-0.3, -0.25) is 10.1 Å². The molecule has 1 fully saturated rings. The fraction of sp³-hybridized carbons (Fsp3) is 0.300. The van der Waals surface area contributed by atoms with E-state index in [-0.39, 0.29) is 16.8 Å². The molecule has 0 aliphatic carbocycles. The number of carbonyl (C=O) groups excluding carboxylic acids is 1. The Kier molecular flexibility index (Phi) is 5.18. The van der Waals surface area contributed by atoms with E-state index in [2.05, 4.69) is 10.3 Å². The first kappa shape index (κ1) is 19.0. The topological polar surface area (TPSA) is 79.4 Å². The van der Waals surface area contributed by atoms with Gasteiger partial charge in [-0.2, -0.15) is 4.31 Å². The van der Waals surface area contributed by atoms with Crippen LogP contribution in [-0.2, 0) is 10.0 Å². The number of anilines is 1. The van der Waals surface area contributed by atoms with Crippen LogP contribution in [0, 0.1) is 0 Å². The van der Waals surface area contributed by atoms with E-state index in [9.17, 15) is 13.2 Å². The van der Waals surface area contributed by atoms with Gasteiger partial charge in [0.25, 0.3) is 5.91 Å². The second-order valence-corrected chi connectivity index (χ2v) is 9.85. The number of thiazole rings is 1. The molecular formula is C20H21N3O3S2. The summed E-state index contributed by atoms with van der Waals surface area (Å²) >= 11 is 1.38. The summed E-state index contributed by atoms with van der Waals surface area (Å²) in [6.07, 6.45) is 2.76. The van der Waals surface area contributed by atoms with Crippen molar-refractivity contribution in [1.29, 1.82) is 0 Å².